The fourth-order valence-corrected chi connectivity index (χ4v) is 2.60. The maximum Gasteiger partial charge on any atom is 0.229 e. The quantitative estimate of drug-likeness (QED) is 0.680. The van der Waals surface area contributed by atoms with Crippen molar-refractivity contribution in [2.24, 2.45) is 0 Å². The van der Waals surface area contributed by atoms with E-state index in [1.165, 1.54) is 18.4 Å². The number of benzene rings is 2. The SMILES string of the molecule is CCN(Cc1cccc(F)c1)C(=O)Cc1coc(-c2ccccc2)n1. The summed E-state index contributed by atoms with van der Waals surface area (Å²) in [5.41, 5.74) is 2.22. The standard InChI is InChI=1S/C20H19FN2O2/c1-2-23(13-15-7-6-10-17(21)11-15)19(24)12-18-14-25-20(22-18)16-8-4-3-5-9-16/h3-11,14H,2,12-13H2,1H3. The second-order valence-corrected chi connectivity index (χ2v) is 5.72. The van der Waals surface area contributed by atoms with Crippen molar-refractivity contribution in [2.45, 2.75) is 19.9 Å². The average molecular weight is 338 g/mol. The second-order valence-electron chi connectivity index (χ2n) is 5.72. The molecule has 3 rings (SSSR count). The molecule has 0 atom stereocenters. The van der Waals surface area contributed by atoms with E-state index in [4.69, 9.17) is 4.42 Å². The minimum Gasteiger partial charge on any atom is -0.444 e. The molecule has 0 saturated heterocycles. The summed E-state index contributed by atoms with van der Waals surface area (Å²) in [7, 11) is 0. The number of carbonyl (C=O) groups excluding carboxylic acids is 1. The van der Waals surface area contributed by atoms with E-state index in [1.54, 1.807) is 11.0 Å². The lowest BCUT2D eigenvalue weighted by molar-refractivity contribution is -0.130. The van der Waals surface area contributed by atoms with Gasteiger partial charge in [-0.1, -0.05) is 30.3 Å². The van der Waals surface area contributed by atoms with Crippen molar-refractivity contribution >= 4 is 5.91 Å². The molecule has 0 aliphatic heterocycles. The predicted octanol–water partition coefficient (Wildman–Crippen LogP) is 4.07. The summed E-state index contributed by atoms with van der Waals surface area (Å²) < 4.78 is 18.8. The van der Waals surface area contributed by atoms with Crippen molar-refractivity contribution in [3.05, 3.63) is 77.9 Å². The molecule has 2 aromatic carbocycles. The first kappa shape index (κ1) is 16.9. The predicted molar refractivity (Wildman–Crippen MR) is 93.1 cm³/mol. The number of carbonyl (C=O) groups is 1. The van der Waals surface area contributed by atoms with Crippen molar-refractivity contribution in [2.75, 3.05) is 6.54 Å². The summed E-state index contributed by atoms with van der Waals surface area (Å²) >= 11 is 0. The summed E-state index contributed by atoms with van der Waals surface area (Å²) in [6.45, 7) is 2.81. The normalized spacial score (nSPS) is 10.6. The van der Waals surface area contributed by atoms with Gasteiger partial charge in [-0.3, -0.25) is 4.79 Å². The van der Waals surface area contributed by atoms with Crippen LogP contribution in [-0.4, -0.2) is 22.3 Å². The van der Waals surface area contributed by atoms with Gasteiger partial charge < -0.3 is 9.32 Å². The second kappa shape index (κ2) is 7.75. The molecule has 0 unspecified atom stereocenters. The maximum absolute atomic E-state index is 13.3. The van der Waals surface area contributed by atoms with Gasteiger partial charge in [0.05, 0.1) is 12.1 Å². The number of likely N-dealkylation sites (N-methyl/N-ethyl adjacent to an activating group) is 1. The van der Waals surface area contributed by atoms with Gasteiger partial charge in [0.2, 0.25) is 11.8 Å². The number of nitrogens with zero attached hydrogens (tertiary/aromatic N) is 2. The van der Waals surface area contributed by atoms with Crippen LogP contribution in [0, 0.1) is 5.82 Å². The van der Waals surface area contributed by atoms with Crippen LogP contribution >= 0.6 is 0 Å². The summed E-state index contributed by atoms with van der Waals surface area (Å²) in [6, 6.07) is 15.8. The highest BCUT2D eigenvalue weighted by Gasteiger charge is 2.16. The summed E-state index contributed by atoms with van der Waals surface area (Å²) in [5.74, 6) is 0.126. The number of hydrogen-bond donors (Lipinski definition) is 0. The van der Waals surface area contributed by atoms with Crippen molar-refractivity contribution in [1.29, 1.82) is 0 Å². The molecular formula is C20H19FN2O2. The lowest BCUT2D eigenvalue weighted by Crippen LogP contribution is -2.31. The number of oxazole rings is 1. The Morgan fingerprint density at radius 1 is 1.16 bits per heavy atom. The molecule has 4 nitrogen and oxygen atoms in total. The molecule has 128 valence electrons. The zero-order chi connectivity index (χ0) is 17.6. The Kier molecular flexibility index (Phi) is 5.23. The van der Waals surface area contributed by atoms with Crippen LogP contribution in [0.2, 0.25) is 0 Å². The number of hydrogen-bond acceptors (Lipinski definition) is 3. The van der Waals surface area contributed by atoms with Crippen molar-refractivity contribution in [3.8, 4) is 11.5 Å². The Balaban J connectivity index is 1.67. The van der Waals surface area contributed by atoms with E-state index in [9.17, 15) is 9.18 Å². The van der Waals surface area contributed by atoms with E-state index in [1.807, 2.05) is 43.3 Å². The van der Waals surface area contributed by atoms with E-state index in [2.05, 4.69) is 4.98 Å². The average Bonchev–Trinajstić information content (AvgIpc) is 3.09. The van der Waals surface area contributed by atoms with Crippen LogP contribution in [0.1, 0.15) is 18.2 Å². The number of amides is 1. The van der Waals surface area contributed by atoms with Crippen LogP contribution in [0.15, 0.2) is 65.3 Å². The van der Waals surface area contributed by atoms with Gasteiger partial charge in [-0.2, -0.15) is 0 Å². The first-order chi connectivity index (χ1) is 12.2. The summed E-state index contributed by atoms with van der Waals surface area (Å²) in [4.78, 5) is 18.6. The van der Waals surface area contributed by atoms with Gasteiger partial charge in [0.25, 0.3) is 0 Å². The Bertz CT molecular complexity index is 846. The lowest BCUT2D eigenvalue weighted by atomic mass is 10.2. The molecule has 0 N–H and O–H groups in total. The minimum atomic E-state index is -0.301. The molecule has 0 spiro atoms. The molecule has 0 radical (unpaired) electrons. The van der Waals surface area contributed by atoms with Gasteiger partial charge in [0.15, 0.2) is 0 Å². The maximum atomic E-state index is 13.3. The zero-order valence-electron chi connectivity index (χ0n) is 14.0. The van der Waals surface area contributed by atoms with E-state index >= 15 is 0 Å². The molecular weight excluding hydrogens is 319 g/mol. The highest BCUT2D eigenvalue weighted by atomic mass is 19.1. The van der Waals surface area contributed by atoms with Gasteiger partial charge >= 0.3 is 0 Å². The van der Waals surface area contributed by atoms with Gasteiger partial charge in [0.1, 0.15) is 12.1 Å². The highest BCUT2D eigenvalue weighted by molar-refractivity contribution is 5.78. The van der Waals surface area contributed by atoms with Crippen molar-refractivity contribution in [3.63, 3.8) is 0 Å². The fourth-order valence-electron chi connectivity index (χ4n) is 2.60. The van der Waals surface area contributed by atoms with E-state index < -0.39 is 0 Å². The Hall–Kier alpha value is -2.95. The van der Waals surface area contributed by atoms with Gasteiger partial charge in [-0.25, -0.2) is 9.37 Å². The van der Waals surface area contributed by atoms with Crippen LogP contribution in [0.4, 0.5) is 4.39 Å². The monoisotopic (exact) mass is 338 g/mol. The molecule has 5 heteroatoms. The van der Waals surface area contributed by atoms with Crippen LogP contribution in [-0.2, 0) is 17.8 Å². The number of halogens is 1. The molecule has 1 heterocycles. The number of aromatic nitrogens is 1. The molecule has 1 amide bonds. The van der Waals surface area contributed by atoms with Crippen molar-refractivity contribution < 1.29 is 13.6 Å². The largest absolute Gasteiger partial charge is 0.444 e. The third-order valence-corrected chi connectivity index (χ3v) is 3.90. The van der Waals surface area contributed by atoms with Gasteiger partial charge in [0, 0.05) is 18.7 Å². The zero-order valence-corrected chi connectivity index (χ0v) is 14.0. The summed E-state index contributed by atoms with van der Waals surface area (Å²) in [5, 5.41) is 0. The van der Waals surface area contributed by atoms with Gasteiger partial charge in [-0.05, 0) is 36.8 Å². The first-order valence-electron chi connectivity index (χ1n) is 8.17. The molecule has 0 aliphatic rings. The van der Waals surface area contributed by atoms with Crippen molar-refractivity contribution in [1.82, 2.24) is 9.88 Å². The molecule has 3 aromatic rings. The summed E-state index contributed by atoms with van der Waals surface area (Å²) in [6.07, 6.45) is 1.66. The van der Waals surface area contributed by atoms with E-state index in [0.29, 0.717) is 24.7 Å². The topological polar surface area (TPSA) is 46.3 Å². The van der Waals surface area contributed by atoms with E-state index in [0.717, 1.165) is 11.1 Å². The third-order valence-electron chi connectivity index (χ3n) is 3.90. The third kappa shape index (κ3) is 4.32. The fraction of sp³-hybridized carbons (Fsp3) is 0.200. The van der Waals surface area contributed by atoms with E-state index in [-0.39, 0.29) is 18.1 Å². The van der Waals surface area contributed by atoms with Crippen LogP contribution < -0.4 is 0 Å². The smallest absolute Gasteiger partial charge is 0.229 e. The molecule has 0 fully saturated rings. The number of rotatable bonds is 6. The Morgan fingerprint density at radius 2 is 1.96 bits per heavy atom. The van der Waals surface area contributed by atoms with Crippen LogP contribution in [0.25, 0.3) is 11.5 Å². The Morgan fingerprint density at radius 3 is 2.68 bits per heavy atom. The molecule has 0 saturated carbocycles. The van der Waals surface area contributed by atoms with Gasteiger partial charge in [-0.15, -0.1) is 0 Å². The lowest BCUT2D eigenvalue weighted by Gasteiger charge is -2.20. The molecule has 1 aromatic heterocycles. The van der Waals surface area contributed by atoms with Crippen LogP contribution in [0.5, 0.6) is 0 Å². The highest BCUT2D eigenvalue weighted by Crippen LogP contribution is 2.18. The van der Waals surface area contributed by atoms with Crippen LogP contribution in [0.3, 0.4) is 0 Å². The Labute approximate surface area is 145 Å². The molecule has 25 heavy (non-hydrogen) atoms. The molecule has 0 aliphatic carbocycles. The molecule has 0 bridgehead atoms. The first-order valence-corrected chi connectivity index (χ1v) is 8.17. The minimum absolute atomic E-state index is 0.0697.